The molecule has 0 bridgehead atoms. The quantitative estimate of drug-likeness (QED) is 0.902. The largest absolute Gasteiger partial charge is 0.368 e. The van der Waals surface area contributed by atoms with E-state index in [2.05, 4.69) is 0 Å². The summed E-state index contributed by atoms with van der Waals surface area (Å²) in [6.45, 7) is 0.696. The number of thiophene rings is 1. The number of para-hydroxylation sites is 1. The van der Waals surface area contributed by atoms with Gasteiger partial charge in [-0.05, 0) is 29.5 Å². The zero-order valence-corrected chi connectivity index (χ0v) is 14.3. The molecule has 1 fully saturated rings. The second kappa shape index (κ2) is 5.70. The van der Waals surface area contributed by atoms with Crippen molar-refractivity contribution in [2.45, 2.75) is 11.8 Å². The number of carbonyl (C=O) groups is 3. The van der Waals surface area contributed by atoms with Crippen LogP contribution in [0.15, 0.2) is 41.1 Å². The molecule has 1 unspecified atom stereocenters. The summed E-state index contributed by atoms with van der Waals surface area (Å²) in [6, 6.07) is 9.25. The lowest BCUT2D eigenvalue weighted by Crippen LogP contribution is -2.45. The summed E-state index contributed by atoms with van der Waals surface area (Å²) in [5, 5.41) is 3.68. The van der Waals surface area contributed by atoms with Crippen LogP contribution in [-0.2, 0) is 15.0 Å². The molecule has 0 saturated carbocycles. The van der Waals surface area contributed by atoms with Crippen LogP contribution in [0.25, 0.3) is 0 Å². The summed E-state index contributed by atoms with van der Waals surface area (Å²) in [4.78, 5) is 40.4. The number of hydrogen-bond acceptors (Lipinski definition) is 4. The highest BCUT2D eigenvalue weighted by molar-refractivity contribution is 7.08. The van der Waals surface area contributed by atoms with E-state index in [9.17, 15) is 14.4 Å². The molecule has 2 aliphatic heterocycles. The van der Waals surface area contributed by atoms with Crippen LogP contribution in [0.2, 0.25) is 0 Å². The van der Waals surface area contributed by atoms with Crippen LogP contribution in [0.5, 0.6) is 0 Å². The fraction of sp³-hybridized carbons (Fsp3) is 0.278. The lowest BCUT2D eigenvalue weighted by Gasteiger charge is -2.24. The number of anilines is 1. The van der Waals surface area contributed by atoms with Crippen molar-refractivity contribution in [2.75, 3.05) is 24.5 Å². The number of rotatable bonds is 3. The van der Waals surface area contributed by atoms with Crippen LogP contribution in [0.3, 0.4) is 0 Å². The highest BCUT2D eigenvalue weighted by atomic mass is 32.1. The molecule has 1 atom stereocenters. The number of nitrogens with zero attached hydrogens (tertiary/aromatic N) is 2. The van der Waals surface area contributed by atoms with Crippen molar-refractivity contribution in [3.8, 4) is 0 Å². The SMILES string of the molecule is NC(=O)CN1C(=O)C2(CCN(C(=O)c3ccsc3)C2)c2ccccc21. The molecule has 2 N–H and O–H groups in total. The van der Waals surface area contributed by atoms with Crippen LogP contribution in [-0.4, -0.2) is 42.3 Å². The number of nitrogens with two attached hydrogens (primary N) is 1. The number of likely N-dealkylation sites (tertiary alicyclic amines) is 1. The van der Waals surface area contributed by atoms with Gasteiger partial charge in [0.1, 0.15) is 6.54 Å². The van der Waals surface area contributed by atoms with Gasteiger partial charge in [0.05, 0.1) is 11.0 Å². The van der Waals surface area contributed by atoms with Crippen LogP contribution in [0.1, 0.15) is 22.3 Å². The molecule has 3 heterocycles. The Hall–Kier alpha value is -2.67. The Kier molecular flexibility index (Phi) is 3.61. The molecule has 4 rings (SSSR count). The van der Waals surface area contributed by atoms with Gasteiger partial charge < -0.3 is 15.5 Å². The van der Waals surface area contributed by atoms with Crippen molar-refractivity contribution in [2.24, 2.45) is 5.73 Å². The van der Waals surface area contributed by atoms with E-state index in [-0.39, 0.29) is 18.4 Å². The molecule has 1 saturated heterocycles. The summed E-state index contributed by atoms with van der Waals surface area (Å²) in [7, 11) is 0. The number of primary amides is 1. The third-order valence-corrected chi connectivity index (χ3v) is 5.69. The van der Waals surface area contributed by atoms with Gasteiger partial charge in [0.25, 0.3) is 5.91 Å². The monoisotopic (exact) mass is 355 g/mol. The highest BCUT2D eigenvalue weighted by Gasteiger charge is 2.55. The zero-order chi connectivity index (χ0) is 17.6. The van der Waals surface area contributed by atoms with E-state index in [4.69, 9.17) is 5.73 Å². The van der Waals surface area contributed by atoms with Crippen molar-refractivity contribution in [1.29, 1.82) is 0 Å². The van der Waals surface area contributed by atoms with Gasteiger partial charge in [-0.1, -0.05) is 18.2 Å². The maximum Gasteiger partial charge on any atom is 0.254 e. The average Bonchev–Trinajstić information content (AvgIpc) is 3.32. The predicted octanol–water partition coefficient (Wildman–Crippen LogP) is 1.36. The molecule has 0 radical (unpaired) electrons. The van der Waals surface area contributed by atoms with Gasteiger partial charge in [-0.3, -0.25) is 14.4 Å². The van der Waals surface area contributed by atoms with Crippen LogP contribution >= 0.6 is 11.3 Å². The Bertz CT molecular complexity index is 864. The first-order valence-corrected chi connectivity index (χ1v) is 8.98. The van der Waals surface area contributed by atoms with Crippen molar-refractivity contribution >= 4 is 34.7 Å². The van der Waals surface area contributed by atoms with E-state index in [0.717, 1.165) is 11.3 Å². The van der Waals surface area contributed by atoms with Crippen molar-refractivity contribution in [1.82, 2.24) is 4.90 Å². The molecule has 0 aliphatic carbocycles. The number of benzene rings is 1. The van der Waals surface area contributed by atoms with Crippen LogP contribution < -0.4 is 10.6 Å². The first-order chi connectivity index (χ1) is 12.0. The smallest absolute Gasteiger partial charge is 0.254 e. The molecule has 2 aromatic rings. The van der Waals surface area contributed by atoms with Gasteiger partial charge in [-0.15, -0.1) is 0 Å². The maximum atomic E-state index is 13.2. The van der Waals surface area contributed by atoms with Gasteiger partial charge in [-0.2, -0.15) is 11.3 Å². The third kappa shape index (κ3) is 2.34. The molecule has 2 aliphatic rings. The summed E-state index contributed by atoms with van der Waals surface area (Å²) < 4.78 is 0. The van der Waals surface area contributed by atoms with Gasteiger partial charge in [0.2, 0.25) is 11.8 Å². The molecule has 3 amide bonds. The second-order valence-electron chi connectivity index (χ2n) is 6.45. The van der Waals surface area contributed by atoms with Crippen molar-refractivity contribution in [3.63, 3.8) is 0 Å². The number of hydrogen-bond donors (Lipinski definition) is 1. The predicted molar refractivity (Wildman–Crippen MR) is 94.5 cm³/mol. The Morgan fingerprint density at radius 2 is 2.04 bits per heavy atom. The average molecular weight is 355 g/mol. The Morgan fingerprint density at radius 3 is 2.76 bits per heavy atom. The summed E-state index contributed by atoms with van der Waals surface area (Å²) in [5.74, 6) is -0.755. The van der Waals surface area contributed by atoms with E-state index in [1.165, 1.54) is 16.2 Å². The van der Waals surface area contributed by atoms with Gasteiger partial charge in [-0.25, -0.2) is 0 Å². The second-order valence-corrected chi connectivity index (χ2v) is 7.23. The van der Waals surface area contributed by atoms with Gasteiger partial charge in [0.15, 0.2) is 0 Å². The fourth-order valence-electron chi connectivity index (χ4n) is 3.86. The topological polar surface area (TPSA) is 83.7 Å². The molecule has 6 nitrogen and oxygen atoms in total. The van der Waals surface area contributed by atoms with Gasteiger partial charge in [0, 0.05) is 24.2 Å². The standard InChI is InChI=1S/C18H17N3O3S/c19-15(22)9-21-14-4-2-1-3-13(14)18(17(21)24)6-7-20(11-18)16(23)12-5-8-25-10-12/h1-5,8,10H,6-7,9,11H2,(H2,19,22). The summed E-state index contributed by atoms with van der Waals surface area (Å²) in [6.07, 6.45) is 0.550. The molecule has 1 aromatic carbocycles. The molecule has 1 spiro atoms. The number of fused-ring (bicyclic) bond motifs is 2. The molecular weight excluding hydrogens is 338 g/mol. The minimum Gasteiger partial charge on any atom is -0.368 e. The number of carbonyl (C=O) groups excluding carboxylic acids is 3. The summed E-state index contributed by atoms with van der Waals surface area (Å²) >= 11 is 1.47. The summed E-state index contributed by atoms with van der Waals surface area (Å²) in [5.41, 5.74) is 6.79. The van der Waals surface area contributed by atoms with E-state index in [1.54, 1.807) is 11.0 Å². The first kappa shape index (κ1) is 15.8. The van der Waals surface area contributed by atoms with E-state index >= 15 is 0 Å². The normalized spacial score (nSPS) is 21.8. The molecular formula is C18H17N3O3S. The lowest BCUT2D eigenvalue weighted by atomic mass is 9.81. The Balaban J connectivity index is 1.69. The lowest BCUT2D eigenvalue weighted by molar-refractivity contribution is -0.125. The van der Waals surface area contributed by atoms with E-state index in [0.29, 0.717) is 25.1 Å². The van der Waals surface area contributed by atoms with Crippen LogP contribution in [0, 0.1) is 0 Å². The van der Waals surface area contributed by atoms with Crippen molar-refractivity contribution < 1.29 is 14.4 Å². The Labute approximate surface area is 148 Å². The fourth-order valence-corrected chi connectivity index (χ4v) is 4.49. The molecule has 7 heteroatoms. The van der Waals surface area contributed by atoms with Gasteiger partial charge >= 0.3 is 0 Å². The number of amides is 3. The maximum absolute atomic E-state index is 13.2. The molecule has 1 aromatic heterocycles. The molecule has 25 heavy (non-hydrogen) atoms. The third-order valence-electron chi connectivity index (χ3n) is 5.00. The van der Waals surface area contributed by atoms with E-state index < -0.39 is 11.3 Å². The highest BCUT2D eigenvalue weighted by Crippen LogP contribution is 2.47. The minimum absolute atomic E-state index is 0.0586. The zero-order valence-electron chi connectivity index (χ0n) is 13.5. The minimum atomic E-state index is -0.780. The van der Waals surface area contributed by atoms with Crippen molar-refractivity contribution in [3.05, 3.63) is 52.2 Å². The first-order valence-electron chi connectivity index (χ1n) is 8.04. The molecule has 128 valence electrons. The van der Waals surface area contributed by atoms with E-state index in [1.807, 2.05) is 35.0 Å². The Morgan fingerprint density at radius 1 is 1.24 bits per heavy atom. The van der Waals surface area contributed by atoms with Crippen LogP contribution in [0.4, 0.5) is 5.69 Å².